The lowest BCUT2D eigenvalue weighted by Gasteiger charge is -2.15. The molecule has 1 saturated carbocycles. The second-order valence-corrected chi connectivity index (χ2v) is 3.40. The van der Waals surface area contributed by atoms with E-state index in [0.717, 1.165) is 12.3 Å². The van der Waals surface area contributed by atoms with Crippen LogP contribution in [0.4, 0.5) is 4.39 Å². The van der Waals surface area contributed by atoms with Gasteiger partial charge in [-0.15, -0.1) is 0 Å². The minimum absolute atomic E-state index is 0.0625. The molecule has 2 atom stereocenters. The molecule has 0 spiro atoms. The zero-order valence-electron chi connectivity index (χ0n) is 6.41. The third-order valence-electron chi connectivity index (χ3n) is 2.33. The molecule has 0 radical (unpaired) electrons. The van der Waals surface area contributed by atoms with Crippen LogP contribution in [-0.4, -0.2) is 12.5 Å². The van der Waals surface area contributed by atoms with Gasteiger partial charge in [0, 0.05) is 12.1 Å². The van der Waals surface area contributed by atoms with Crippen LogP contribution < -0.4 is 0 Å². The number of alkyl halides is 1. The van der Waals surface area contributed by atoms with E-state index in [2.05, 4.69) is 4.99 Å². The van der Waals surface area contributed by atoms with Crippen LogP contribution in [0.2, 0.25) is 0 Å². The Hall–Kier alpha value is -0.660. The van der Waals surface area contributed by atoms with E-state index >= 15 is 0 Å². The maximum absolute atomic E-state index is 13.0. The van der Waals surface area contributed by atoms with Gasteiger partial charge in [0.1, 0.15) is 0 Å². The van der Waals surface area contributed by atoms with Crippen molar-refractivity contribution < 1.29 is 4.39 Å². The highest BCUT2D eigenvalue weighted by molar-refractivity contribution is 5.72. The van der Waals surface area contributed by atoms with Gasteiger partial charge in [-0.3, -0.25) is 4.99 Å². The zero-order valence-corrected chi connectivity index (χ0v) is 6.41. The highest BCUT2D eigenvalue weighted by Gasteiger charge is 2.28. The van der Waals surface area contributed by atoms with Crippen molar-refractivity contribution in [3.8, 4) is 0 Å². The Balaban J connectivity index is 1.90. The van der Waals surface area contributed by atoms with E-state index < -0.39 is 6.30 Å². The predicted molar refractivity (Wildman–Crippen MR) is 43.4 cm³/mol. The highest BCUT2D eigenvalue weighted by atomic mass is 19.1. The summed E-state index contributed by atoms with van der Waals surface area (Å²) >= 11 is 0. The quantitative estimate of drug-likeness (QED) is 0.540. The average Bonchev–Trinajstić information content (AvgIpc) is 2.78. The Bertz CT molecular complexity index is 194. The summed E-state index contributed by atoms with van der Waals surface area (Å²) in [6.07, 6.45) is 7.95. The molecule has 1 fully saturated rings. The van der Waals surface area contributed by atoms with E-state index in [9.17, 15) is 4.39 Å². The number of allylic oxidation sites excluding steroid dienone is 1. The first-order valence-electron chi connectivity index (χ1n) is 4.20. The molecule has 1 heterocycles. The number of rotatable bonds is 2. The summed E-state index contributed by atoms with van der Waals surface area (Å²) in [4.78, 5) is 3.71. The number of hydrogen-bond donors (Lipinski definition) is 0. The van der Waals surface area contributed by atoms with Crippen LogP contribution in [0.3, 0.4) is 0 Å². The van der Waals surface area contributed by atoms with Gasteiger partial charge in [-0.25, -0.2) is 4.39 Å². The third-order valence-corrected chi connectivity index (χ3v) is 2.33. The van der Waals surface area contributed by atoms with E-state index in [1.807, 2.05) is 12.2 Å². The van der Waals surface area contributed by atoms with Crippen molar-refractivity contribution in [2.24, 2.45) is 16.8 Å². The Labute approximate surface area is 66.0 Å². The molecule has 0 N–H and O–H groups in total. The van der Waals surface area contributed by atoms with Gasteiger partial charge < -0.3 is 0 Å². The Morgan fingerprint density at radius 2 is 2.27 bits per heavy atom. The van der Waals surface area contributed by atoms with Gasteiger partial charge >= 0.3 is 0 Å². The Morgan fingerprint density at radius 1 is 1.45 bits per heavy atom. The second kappa shape index (κ2) is 2.76. The van der Waals surface area contributed by atoms with Gasteiger partial charge in [0.2, 0.25) is 0 Å². The van der Waals surface area contributed by atoms with Crippen molar-refractivity contribution in [3.05, 3.63) is 12.2 Å². The summed E-state index contributed by atoms with van der Waals surface area (Å²) in [5.74, 6) is 0.851. The lowest BCUT2D eigenvalue weighted by Crippen LogP contribution is -2.14. The fraction of sp³-hybridized carbons (Fsp3) is 0.667. The minimum Gasteiger partial charge on any atom is -0.256 e. The number of halogens is 1. The van der Waals surface area contributed by atoms with Crippen LogP contribution in [0.5, 0.6) is 0 Å². The SMILES string of the molecule is FC1N=CC=CC1CC1CC1. The van der Waals surface area contributed by atoms with Gasteiger partial charge in [-0.2, -0.15) is 0 Å². The van der Waals surface area contributed by atoms with Crippen LogP contribution in [0.25, 0.3) is 0 Å². The largest absolute Gasteiger partial charge is 0.256 e. The number of dihydropyridines is 1. The topological polar surface area (TPSA) is 12.4 Å². The fourth-order valence-corrected chi connectivity index (χ4v) is 1.46. The van der Waals surface area contributed by atoms with Gasteiger partial charge in [0.05, 0.1) is 0 Å². The summed E-state index contributed by atoms with van der Waals surface area (Å²) in [5.41, 5.74) is 0. The number of hydrogen-bond acceptors (Lipinski definition) is 1. The molecule has 0 bridgehead atoms. The molecule has 1 aliphatic heterocycles. The molecule has 1 nitrogen and oxygen atoms in total. The van der Waals surface area contributed by atoms with Gasteiger partial charge in [0.15, 0.2) is 6.30 Å². The maximum atomic E-state index is 13.0. The summed E-state index contributed by atoms with van der Waals surface area (Å²) in [5, 5.41) is 0. The molecule has 2 unspecified atom stereocenters. The number of aliphatic imine (C=N–C) groups is 1. The maximum Gasteiger partial charge on any atom is 0.195 e. The first kappa shape index (κ1) is 7.01. The van der Waals surface area contributed by atoms with E-state index in [1.54, 1.807) is 6.21 Å². The Morgan fingerprint density at radius 3 is 2.91 bits per heavy atom. The molecule has 2 aliphatic rings. The minimum atomic E-state index is -0.972. The van der Waals surface area contributed by atoms with Crippen molar-refractivity contribution in [1.29, 1.82) is 0 Å². The highest BCUT2D eigenvalue weighted by Crippen LogP contribution is 2.37. The van der Waals surface area contributed by atoms with Crippen LogP contribution in [0.15, 0.2) is 17.1 Å². The smallest absolute Gasteiger partial charge is 0.195 e. The monoisotopic (exact) mass is 153 g/mol. The fourth-order valence-electron chi connectivity index (χ4n) is 1.46. The summed E-state index contributed by atoms with van der Waals surface area (Å²) in [6.45, 7) is 0. The van der Waals surface area contributed by atoms with Crippen LogP contribution in [-0.2, 0) is 0 Å². The molecule has 2 rings (SSSR count). The Kier molecular flexibility index (Phi) is 1.76. The van der Waals surface area contributed by atoms with Crippen molar-refractivity contribution in [3.63, 3.8) is 0 Å². The standard InChI is InChI=1S/C9H12FN/c10-9-8(2-1-5-11-9)6-7-3-4-7/h1-2,5,7-9H,3-4,6H2. The van der Waals surface area contributed by atoms with E-state index in [4.69, 9.17) is 0 Å². The zero-order chi connectivity index (χ0) is 7.68. The van der Waals surface area contributed by atoms with E-state index in [-0.39, 0.29) is 5.92 Å². The third kappa shape index (κ3) is 1.67. The first-order valence-corrected chi connectivity index (χ1v) is 4.20. The molecule has 0 amide bonds. The number of nitrogens with zero attached hydrogens (tertiary/aromatic N) is 1. The summed E-state index contributed by atoms with van der Waals surface area (Å²) < 4.78 is 13.0. The van der Waals surface area contributed by atoms with Gasteiger partial charge in [-0.1, -0.05) is 18.9 Å². The molecule has 0 aromatic rings. The second-order valence-electron chi connectivity index (χ2n) is 3.40. The van der Waals surface area contributed by atoms with Crippen molar-refractivity contribution in [2.75, 3.05) is 0 Å². The van der Waals surface area contributed by atoms with Gasteiger partial charge in [-0.05, 0) is 18.4 Å². The van der Waals surface area contributed by atoms with E-state index in [0.29, 0.717) is 0 Å². The van der Waals surface area contributed by atoms with Crippen molar-refractivity contribution in [1.82, 2.24) is 0 Å². The molecular weight excluding hydrogens is 141 g/mol. The molecule has 60 valence electrons. The van der Waals surface area contributed by atoms with E-state index in [1.165, 1.54) is 12.8 Å². The molecule has 0 saturated heterocycles. The van der Waals surface area contributed by atoms with Gasteiger partial charge in [0.25, 0.3) is 0 Å². The molecule has 0 aromatic carbocycles. The molecule has 2 heteroatoms. The molecule has 1 aliphatic carbocycles. The average molecular weight is 153 g/mol. The first-order chi connectivity index (χ1) is 5.36. The normalized spacial score (nSPS) is 36.1. The molecule has 11 heavy (non-hydrogen) atoms. The van der Waals surface area contributed by atoms with Crippen molar-refractivity contribution in [2.45, 2.75) is 25.6 Å². The van der Waals surface area contributed by atoms with Crippen LogP contribution in [0, 0.1) is 11.8 Å². The predicted octanol–water partition coefficient (Wildman–Crippen LogP) is 2.34. The van der Waals surface area contributed by atoms with Crippen molar-refractivity contribution >= 4 is 6.21 Å². The lowest BCUT2D eigenvalue weighted by molar-refractivity contribution is 0.256. The van der Waals surface area contributed by atoms with Crippen LogP contribution >= 0.6 is 0 Å². The molecular formula is C9H12FN. The lowest BCUT2D eigenvalue weighted by atomic mass is 9.99. The summed E-state index contributed by atoms with van der Waals surface area (Å²) in [6, 6.07) is 0. The summed E-state index contributed by atoms with van der Waals surface area (Å²) in [7, 11) is 0. The molecule has 0 aromatic heterocycles. The van der Waals surface area contributed by atoms with Crippen LogP contribution in [0.1, 0.15) is 19.3 Å².